The highest BCUT2D eigenvalue weighted by Gasteiger charge is 2.19. The van der Waals surface area contributed by atoms with Crippen LogP contribution in [0.2, 0.25) is 0 Å². The molecule has 0 spiro atoms. The molecule has 0 aromatic heterocycles. The molecule has 1 saturated heterocycles. The van der Waals surface area contributed by atoms with Crippen LogP contribution < -0.4 is 5.32 Å². The average molecular weight is 226 g/mol. The van der Waals surface area contributed by atoms with Crippen LogP contribution in [-0.4, -0.2) is 37.1 Å². The zero-order valence-electron chi connectivity index (χ0n) is 11.6. The van der Waals surface area contributed by atoms with Crippen molar-refractivity contribution in [2.24, 2.45) is 5.92 Å². The van der Waals surface area contributed by atoms with Crippen LogP contribution in [0.25, 0.3) is 0 Å². The molecule has 0 amide bonds. The summed E-state index contributed by atoms with van der Waals surface area (Å²) >= 11 is 0. The Labute approximate surface area is 102 Å². The van der Waals surface area contributed by atoms with Crippen molar-refractivity contribution in [1.29, 1.82) is 0 Å². The molecule has 0 aromatic carbocycles. The first-order valence-corrected chi connectivity index (χ1v) is 7.07. The molecular formula is C14H30N2. The van der Waals surface area contributed by atoms with E-state index in [1.54, 1.807) is 0 Å². The number of nitrogens with one attached hydrogen (secondary N) is 1. The van der Waals surface area contributed by atoms with E-state index in [0.717, 1.165) is 12.0 Å². The predicted octanol–water partition coefficient (Wildman–Crippen LogP) is 2.89. The van der Waals surface area contributed by atoms with Gasteiger partial charge in [0, 0.05) is 18.6 Å². The first-order valence-electron chi connectivity index (χ1n) is 7.07. The Kier molecular flexibility index (Phi) is 6.37. The molecular weight excluding hydrogens is 196 g/mol. The summed E-state index contributed by atoms with van der Waals surface area (Å²) in [6.07, 6.45) is 6.79. The third-order valence-electron chi connectivity index (χ3n) is 4.08. The van der Waals surface area contributed by atoms with E-state index in [0.29, 0.717) is 6.04 Å². The second-order valence-electron chi connectivity index (χ2n) is 5.69. The number of likely N-dealkylation sites (N-methyl/N-ethyl adjacent to an activating group) is 1. The Balaban J connectivity index is 2.17. The van der Waals surface area contributed by atoms with Crippen molar-refractivity contribution in [1.82, 2.24) is 10.2 Å². The number of hydrogen-bond acceptors (Lipinski definition) is 2. The molecule has 2 heteroatoms. The lowest BCUT2D eigenvalue weighted by atomic mass is 9.99. The zero-order valence-corrected chi connectivity index (χ0v) is 11.6. The van der Waals surface area contributed by atoms with E-state index in [9.17, 15) is 0 Å². The van der Waals surface area contributed by atoms with Gasteiger partial charge in [-0.1, -0.05) is 26.7 Å². The van der Waals surface area contributed by atoms with Crippen molar-refractivity contribution in [3.05, 3.63) is 0 Å². The maximum atomic E-state index is 3.71. The molecule has 1 rings (SSSR count). The van der Waals surface area contributed by atoms with Crippen LogP contribution in [0.3, 0.4) is 0 Å². The minimum atomic E-state index is 0.672. The summed E-state index contributed by atoms with van der Waals surface area (Å²) in [6, 6.07) is 1.44. The summed E-state index contributed by atoms with van der Waals surface area (Å²) in [5.41, 5.74) is 0. The lowest BCUT2D eigenvalue weighted by molar-refractivity contribution is 0.176. The molecule has 1 aliphatic heterocycles. The van der Waals surface area contributed by atoms with E-state index in [1.165, 1.54) is 45.2 Å². The molecule has 2 nitrogen and oxygen atoms in total. The normalized spacial score (nSPS) is 26.6. The molecule has 1 fully saturated rings. The van der Waals surface area contributed by atoms with Gasteiger partial charge in [0.1, 0.15) is 0 Å². The van der Waals surface area contributed by atoms with Gasteiger partial charge in [0.15, 0.2) is 0 Å². The Bertz CT molecular complexity index is 182. The minimum absolute atomic E-state index is 0.672. The first kappa shape index (κ1) is 14.0. The summed E-state index contributed by atoms with van der Waals surface area (Å²) in [6.45, 7) is 9.42. The van der Waals surface area contributed by atoms with E-state index in [2.05, 4.69) is 38.0 Å². The van der Waals surface area contributed by atoms with Crippen LogP contribution in [-0.2, 0) is 0 Å². The van der Waals surface area contributed by atoms with Crippen molar-refractivity contribution >= 4 is 0 Å². The quantitative estimate of drug-likeness (QED) is 0.749. The second kappa shape index (κ2) is 7.29. The van der Waals surface area contributed by atoms with Crippen LogP contribution in [0.1, 0.15) is 52.9 Å². The summed E-state index contributed by atoms with van der Waals surface area (Å²) in [5.74, 6) is 0.853. The fourth-order valence-electron chi connectivity index (χ4n) is 2.59. The smallest absolute Gasteiger partial charge is 0.0217 e. The molecule has 1 aliphatic rings. The monoisotopic (exact) mass is 226 g/mol. The van der Waals surface area contributed by atoms with Crippen LogP contribution in [0, 0.1) is 5.92 Å². The van der Waals surface area contributed by atoms with Gasteiger partial charge in [-0.3, -0.25) is 0 Å². The second-order valence-corrected chi connectivity index (χ2v) is 5.69. The number of hydrogen-bond donors (Lipinski definition) is 1. The lowest BCUT2D eigenvalue weighted by Crippen LogP contribution is -2.45. The molecule has 3 unspecified atom stereocenters. The number of piperidine rings is 1. The third-order valence-corrected chi connectivity index (χ3v) is 4.08. The van der Waals surface area contributed by atoms with Crippen molar-refractivity contribution < 1.29 is 0 Å². The Morgan fingerprint density at radius 2 is 2.06 bits per heavy atom. The molecule has 0 bridgehead atoms. The highest BCUT2D eigenvalue weighted by atomic mass is 15.2. The van der Waals surface area contributed by atoms with E-state index in [-0.39, 0.29) is 0 Å². The fraction of sp³-hybridized carbons (Fsp3) is 1.00. The van der Waals surface area contributed by atoms with Gasteiger partial charge < -0.3 is 10.2 Å². The molecule has 3 atom stereocenters. The van der Waals surface area contributed by atoms with Gasteiger partial charge in [0.2, 0.25) is 0 Å². The predicted molar refractivity (Wildman–Crippen MR) is 71.8 cm³/mol. The molecule has 0 aromatic rings. The summed E-state index contributed by atoms with van der Waals surface area (Å²) in [7, 11) is 2.27. The number of likely N-dealkylation sites (tertiary alicyclic amines) is 1. The maximum Gasteiger partial charge on any atom is 0.0217 e. The van der Waals surface area contributed by atoms with Crippen molar-refractivity contribution in [2.45, 2.75) is 65.0 Å². The van der Waals surface area contributed by atoms with Crippen molar-refractivity contribution in [2.75, 3.05) is 20.1 Å². The Morgan fingerprint density at radius 3 is 2.69 bits per heavy atom. The number of rotatable bonds is 6. The average Bonchev–Trinajstić information content (AvgIpc) is 2.28. The molecule has 0 saturated carbocycles. The molecule has 16 heavy (non-hydrogen) atoms. The van der Waals surface area contributed by atoms with Gasteiger partial charge in [-0.05, 0) is 45.7 Å². The zero-order chi connectivity index (χ0) is 12.0. The molecule has 1 heterocycles. The highest BCUT2D eigenvalue weighted by Crippen LogP contribution is 2.15. The minimum Gasteiger partial charge on any atom is -0.313 e. The van der Waals surface area contributed by atoms with E-state index < -0.39 is 0 Å². The van der Waals surface area contributed by atoms with E-state index in [1.807, 2.05) is 0 Å². The molecule has 1 N–H and O–H groups in total. The van der Waals surface area contributed by atoms with Gasteiger partial charge in [-0.15, -0.1) is 0 Å². The number of nitrogens with zero attached hydrogens (tertiary/aromatic N) is 1. The van der Waals surface area contributed by atoms with E-state index in [4.69, 9.17) is 0 Å². The maximum absolute atomic E-state index is 3.71. The summed E-state index contributed by atoms with van der Waals surface area (Å²) in [5, 5.41) is 3.71. The summed E-state index contributed by atoms with van der Waals surface area (Å²) in [4.78, 5) is 2.52. The highest BCUT2D eigenvalue weighted by molar-refractivity contribution is 4.77. The topological polar surface area (TPSA) is 15.3 Å². The van der Waals surface area contributed by atoms with E-state index >= 15 is 0 Å². The SMILES string of the molecule is CCC(C)CC(C)NCC1CCCCN1C. The first-order chi connectivity index (χ1) is 7.63. The lowest BCUT2D eigenvalue weighted by Gasteiger charge is -2.33. The van der Waals surface area contributed by atoms with Crippen LogP contribution >= 0.6 is 0 Å². The molecule has 0 aliphatic carbocycles. The van der Waals surface area contributed by atoms with Crippen LogP contribution in [0.5, 0.6) is 0 Å². The fourth-order valence-corrected chi connectivity index (χ4v) is 2.59. The van der Waals surface area contributed by atoms with Crippen molar-refractivity contribution in [3.63, 3.8) is 0 Å². The third kappa shape index (κ3) is 4.84. The van der Waals surface area contributed by atoms with Gasteiger partial charge in [-0.25, -0.2) is 0 Å². The van der Waals surface area contributed by atoms with Gasteiger partial charge in [0.25, 0.3) is 0 Å². The van der Waals surface area contributed by atoms with Gasteiger partial charge in [-0.2, -0.15) is 0 Å². The van der Waals surface area contributed by atoms with Crippen molar-refractivity contribution in [3.8, 4) is 0 Å². The molecule has 0 radical (unpaired) electrons. The summed E-state index contributed by atoms with van der Waals surface area (Å²) < 4.78 is 0. The largest absolute Gasteiger partial charge is 0.313 e. The van der Waals surface area contributed by atoms with Crippen LogP contribution in [0.4, 0.5) is 0 Å². The Hall–Kier alpha value is -0.0800. The van der Waals surface area contributed by atoms with Gasteiger partial charge in [0.05, 0.1) is 0 Å². The molecule has 96 valence electrons. The standard InChI is InChI=1S/C14H30N2/c1-5-12(2)10-13(3)15-11-14-8-6-7-9-16(14)4/h12-15H,5-11H2,1-4H3. The van der Waals surface area contributed by atoms with Gasteiger partial charge >= 0.3 is 0 Å². The Morgan fingerprint density at radius 1 is 1.31 bits per heavy atom. The van der Waals surface area contributed by atoms with Crippen LogP contribution in [0.15, 0.2) is 0 Å².